The van der Waals surface area contributed by atoms with Gasteiger partial charge < -0.3 is 4.98 Å². The lowest BCUT2D eigenvalue weighted by Gasteiger charge is -2.11. The molecule has 1 aromatic carbocycles. The van der Waals surface area contributed by atoms with E-state index in [-0.39, 0.29) is 5.91 Å². The minimum absolute atomic E-state index is 0.127. The molecule has 4 heteroatoms. The van der Waals surface area contributed by atoms with E-state index in [0.717, 1.165) is 23.2 Å². The van der Waals surface area contributed by atoms with Crippen LogP contribution in [-0.4, -0.2) is 16.6 Å². The molecule has 2 atom stereocenters. The lowest BCUT2D eigenvalue weighted by molar-refractivity contribution is 0.0956. The largest absolute Gasteiger partial charge is 0.360 e. The van der Waals surface area contributed by atoms with Crippen molar-refractivity contribution in [1.29, 1.82) is 0 Å². The molecule has 4 nitrogen and oxygen atoms in total. The molecule has 2 aliphatic carbocycles. The summed E-state index contributed by atoms with van der Waals surface area (Å²) < 4.78 is 0. The molecule has 1 heterocycles. The molecule has 2 saturated carbocycles. The zero-order valence-electron chi connectivity index (χ0n) is 11.2. The predicted octanol–water partition coefficient (Wildman–Crippen LogP) is 3.07. The number of aromatic amines is 1. The minimum atomic E-state index is -0.127. The fourth-order valence-corrected chi connectivity index (χ4v) is 3.60. The van der Waals surface area contributed by atoms with E-state index in [9.17, 15) is 4.79 Å². The monoisotopic (exact) mass is 267 g/mol. The van der Waals surface area contributed by atoms with E-state index >= 15 is 0 Å². The highest BCUT2D eigenvalue weighted by Gasteiger charge is 2.36. The maximum absolute atomic E-state index is 12.2. The van der Waals surface area contributed by atoms with Crippen LogP contribution >= 0.6 is 0 Å². The summed E-state index contributed by atoms with van der Waals surface area (Å²) in [7, 11) is 0. The number of nitrogens with zero attached hydrogens (tertiary/aromatic N) is 1. The van der Waals surface area contributed by atoms with Gasteiger partial charge in [0.1, 0.15) is 0 Å². The number of hydrogen-bond acceptors (Lipinski definition) is 2. The van der Waals surface area contributed by atoms with E-state index in [1.807, 2.05) is 24.3 Å². The molecule has 2 fully saturated rings. The van der Waals surface area contributed by atoms with E-state index in [1.54, 1.807) is 6.20 Å². The molecule has 0 aliphatic heterocycles. The number of benzene rings is 1. The Hall–Kier alpha value is -2.10. The fraction of sp³-hybridized carbons (Fsp3) is 0.375. The standard InChI is InChI=1S/C16H17N3O/c20-16(13-9-17-14-4-2-1-3-12(13)14)19-18-15-8-10-5-6-11(15)7-10/h1-4,9-11,17H,5-8H2,(H,19,20)/b18-15+/t10-,11+/m0/s1. The Morgan fingerprint density at radius 3 is 3.00 bits per heavy atom. The molecular weight excluding hydrogens is 250 g/mol. The first-order valence-corrected chi connectivity index (χ1v) is 7.24. The maximum atomic E-state index is 12.2. The Balaban J connectivity index is 1.55. The molecule has 2 aliphatic rings. The van der Waals surface area contributed by atoms with Crippen molar-refractivity contribution in [1.82, 2.24) is 10.4 Å². The van der Waals surface area contributed by atoms with Gasteiger partial charge in [-0.2, -0.15) is 5.10 Å². The molecule has 0 saturated heterocycles. The van der Waals surface area contributed by atoms with Crippen molar-refractivity contribution < 1.29 is 4.79 Å². The average molecular weight is 267 g/mol. The first-order chi connectivity index (χ1) is 9.81. The summed E-state index contributed by atoms with van der Waals surface area (Å²) in [5, 5.41) is 5.31. The highest BCUT2D eigenvalue weighted by Crippen LogP contribution is 2.42. The van der Waals surface area contributed by atoms with Gasteiger partial charge in [-0.15, -0.1) is 0 Å². The van der Waals surface area contributed by atoms with Gasteiger partial charge in [-0.25, -0.2) is 5.43 Å². The van der Waals surface area contributed by atoms with E-state index < -0.39 is 0 Å². The van der Waals surface area contributed by atoms with Crippen molar-refractivity contribution in [3.05, 3.63) is 36.0 Å². The van der Waals surface area contributed by atoms with Crippen molar-refractivity contribution in [2.24, 2.45) is 16.9 Å². The number of nitrogens with one attached hydrogen (secondary N) is 2. The van der Waals surface area contributed by atoms with Gasteiger partial charge in [0.2, 0.25) is 0 Å². The van der Waals surface area contributed by atoms with Crippen LogP contribution in [0.3, 0.4) is 0 Å². The quantitative estimate of drug-likeness (QED) is 0.807. The lowest BCUT2D eigenvalue weighted by Crippen LogP contribution is -2.21. The number of aromatic nitrogens is 1. The summed E-state index contributed by atoms with van der Waals surface area (Å²) in [6.07, 6.45) is 6.66. The molecule has 0 radical (unpaired) electrons. The maximum Gasteiger partial charge on any atom is 0.273 e. The minimum Gasteiger partial charge on any atom is -0.360 e. The molecule has 0 unspecified atom stereocenters. The van der Waals surface area contributed by atoms with E-state index in [4.69, 9.17) is 0 Å². The van der Waals surface area contributed by atoms with Crippen LogP contribution in [0.25, 0.3) is 10.9 Å². The number of fused-ring (bicyclic) bond motifs is 3. The second-order valence-corrected chi connectivity index (χ2v) is 5.87. The number of carbonyl (C=O) groups excluding carboxylic acids is 1. The number of para-hydroxylation sites is 1. The number of hydrazone groups is 1. The van der Waals surface area contributed by atoms with Crippen LogP contribution in [-0.2, 0) is 0 Å². The normalized spacial score (nSPS) is 26.5. The molecule has 20 heavy (non-hydrogen) atoms. The molecule has 2 bridgehead atoms. The predicted molar refractivity (Wildman–Crippen MR) is 78.6 cm³/mol. The average Bonchev–Trinajstić information content (AvgIpc) is 3.19. The zero-order valence-corrected chi connectivity index (χ0v) is 11.2. The van der Waals surface area contributed by atoms with Crippen molar-refractivity contribution in [3.8, 4) is 0 Å². The number of carbonyl (C=O) groups is 1. The third-order valence-corrected chi connectivity index (χ3v) is 4.65. The molecule has 2 aromatic rings. The highest BCUT2D eigenvalue weighted by molar-refractivity contribution is 6.07. The van der Waals surface area contributed by atoms with Crippen LogP contribution in [0, 0.1) is 11.8 Å². The van der Waals surface area contributed by atoms with Crippen LogP contribution < -0.4 is 5.43 Å². The SMILES string of the molecule is O=C(N/N=C1\C[C@H]2CC[C@@H]1C2)c1c[nH]c2ccccc12. The van der Waals surface area contributed by atoms with Gasteiger partial charge in [0.25, 0.3) is 5.91 Å². The summed E-state index contributed by atoms with van der Waals surface area (Å²) in [6.45, 7) is 0. The third kappa shape index (κ3) is 1.83. The zero-order chi connectivity index (χ0) is 13.5. The van der Waals surface area contributed by atoms with Gasteiger partial charge in [0.15, 0.2) is 0 Å². The van der Waals surface area contributed by atoms with Gasteiger partial charge in [-0.1, -0.05) is 18.2 Å². The van der Waals surface area contributed by atoms with Crippen molar-refractivity contribution in [2.45, 2.75) is 25.7 Å². The van der Waals surface area contributed by atoms with Crippen molar-refractivity contribution >= 4 is 22.5 Å². The van der Waals surface area contributed by atoms with Crippen LogP contribution in [0.2, 0.25) is 0 Å². The summed E-state index contributed by atoms with van der Waals surface area (Å²) >= 11 is 0. The van der Waals surface area contributed by atoms with Crippen LogP contribution in [0.15, 0.2) is 35.6 Å². The number of hydrogen-bond donors (Lipinski definition) is 2. The van der Waals surface area contributed by atoms with Crippen LogP contribution in [0.5, 0.6) is 0 Å². The van der Waals surface area contributed by atoms with E-state index in [2.05, 4.69) is 15.5 Å². The fourth-order valence-electron chi connectivity index (χ4n) is 3.60. The molecule has 1 amide bonds. The Morgan fingerprint density at radius 1 is 1.30 bits per heavy atom. The van der Waals surface area contributed by atoms with Crippen LogP contribution in [0.4, 0.5) is 0 Å². The van der Waals surface area contributed by atoms with E-state index in [1.165, 1.54) is 25.0 Å². The molecule has 2 N–H and O–H groups in total. The summed E-state index contributed by atoms with van der Waals surface area (Å²) in [6, 6.07) is 7.81. The second-order valence-electron chi connectivity index (χ2n) is 5.87. The number of rotatable bonds is 2. The Morgan fingerprint density at radius 2 is 2.20 bits per heavy atom. The van der Waals surface area contributed by atoms with Gasteiger partial charge in [-0.3, -0.25) is 4.79 Å². The topological polar surface area (TPSA) is 57.2 Å². The smallest absolute Gasteiger partial charge is 0.273 e. The molecular formula is C16H17N3O. The highest BCUT2D eigenvalue weighted by atomic mass is 16.2. The summed E-state index contributed by atoms with van der Waals surface area (Å²) in [5.41, 5.74) is 5.56. The summed E-state index contributed by atoms with van der Waals surface area (Å²) in [4.78, 5) is 15.4. The lowest BCUT2D eigenvalue weighted by atomic mass is 9.99. The Bertz CT molecular complexity index is 701. The van der Waals surface area contributed by atoms with Crippen molar-refractivity contribution in [3.63, 3.8) is 0 Å². The molecule has 1 aromatic heterocycles. The molecule has 0 spiro atoms. The van der Waals surface area contributed by atoms with Gasteiger partial charge in [0, 0.05) is 22.8 Å². The number of H-pyrrole nitrogens is 1. The molecule has 4 rings (SSSR count). The van der Waals surface area contributed by atoms with Crippen molar-refractivity contribution in [2.75, 3.05) is 0 Å². The first kappa shape index (κ1) is 11.7. The summed E-state index contributed by atoms with van der Waals surface area (Å²) in [5.74, 6) is 1.30. The Labute approximate surface area is 117 Å². The van der Waals surface area contributed by atoms with Gasteiger partial charge in [-0.05, 0) is 43.6 Å². The second kappa shape index (κ2) is 4.47. The third-order valence-electron chi connectivity index (χ3n) is 4.65. The Kier molecular flexibility index (Phi) is 2.62. The van der Waals surface area contributed by atoms with Crippen LogP contribution in [0.1, 0.15) is 36.0 Å². The number of amides is 1. The van der Waals surface area contributed by atoms with E-state index in [0.29, 0.717) is 11.5 Å². The van der Waals surface area contributed by atoms with Gasteiger partial charge in [0.05, 0.1) is 5.56 Å². The van der Waals surface area contributed by atoms with Gasteiger partial charge >= 0.3 is 0 Å². The molecule has 102 valence electrons. The first-order valence-electron chi connectivity index (χ1n) is 7.24.